The van der Waals surface area contributed by atoms with E-state index in [1.807, 2.05) is 18.2 Å². The SMILES string of the molecule is N#CCc1ccc(Oc2ccc(C#N)nc2)cc1. The van der Waals surface area contributed by atoms with Crippen LogP contribution < -0.4 is 4.74 Å². The molecule has 0 saturated heterocycles. The third-order valence-electron chi connectivity index (χ3n) is 2.29. The molecule has 0 aliphatic rings. The monoisotopic (exact) mass is 235 g/mol. The van der Waals surface area contributed by atoms with Gasteiger partial charge in [-0.25, -0.2) is 4.98 Å². The molecule has 86 valence electrons. The second-order valence-corrected chi connectivity index (χ2v) is 3.57. The Morgan fingerprint density at radius 2 is 1.72 bits per heavy atom. The summed E-state index contributed by atoms with van der Waals surface area (Å²) in [6.45, 7) is 0. The Bertz CT molecular complexity index is 603. The van der Waals surface area contributed by atoms with Crippen molar-refractivity contribution < 1.29 is 4.74 Å². The molecule has 0 unspecified atom stereocenters. The number of pyridine rings is 1. The number of ether oxygens (including phenoxy) is 1. The molecule has 2 aromatic rings. The number of rotatable bonds is 3. The number of hydrogen-bond donors (Lipinski definition) is 0. The third kappa shape index (κ3) is 2.84. The van der Waals surface area contributed by atoms with E-state index in [1.165, 1.54) is 6.20 Å². The predicted molar refractivity (Wildman–Crippen MR) is 64.8 cm³/mol. The van der Waals surface area contributed by atoms with Gasteiger partial charge in [0.2, 0.25) is 0 Å². The van der Waals surface area contributed by atoms with Crippen LogP contribution in [0.1, 0.15) is 11.3 Å². The van der Waals surface area contributed by atoms with Crippen molar-refractivity contribution in [2.24, 2.45) is 0 Å². The number of aromatic nitrogens is 1. The molecule has 0 atom stereocenters. The van der Waals surface area contributed by atoms with Crippen molar-refractivity contribution in [3.05, 3.63) is 53.9 Å². The van der Waals surface area contributed by atoms with Gasteiger partial charge < -0.3 is 4.74 Å². The fourth-order valence-electron chi connectivity index (χ4n) is 1.41. The van der Waals surface area contributed by atoms with Gasteiger partial charge in [0.05, 0.1) is 18.7 Å². The van der Waals surface area contributed by atoms with E-state index in [2.05, 4.69) is 11.1 Å². The van der Waals surface area contributed by atoms with Crippen molar-refractivity contribution >= 4 is 0 Å². The molecule has 1 aromatic heterocycles. The van der Waals surface area contributed by atoms with Crippen molar-refractivity contribution in [1.29, 1.82) is 10.5 Å². The summed E-state index contributed by atoms with van der Waals surface area (Å²) in [6, 6.07) is 14.6. The maximum Gasteiger partial charge on any atom is 0.145 e. The van der Waals surface area contributed by atoms with Crippen LogP contribution >= 0.6 is 0 Å². The second-order valence-electron chi connectivity index (χ2n) is 3.57. The van der Waals surface area contributed by atoms with Gasteiger partial charge in [0, 0.05) is 0 Å². The number of nitriles is 2. The first-order valence-electron chi connectivity index (χ1n) is 5.32. The minimum absolute atomic E-state index is 0.353. The topological polar surface area (TPSA) is 69.7 Å². The summed E-state index contributed by atoms with van der Waals surface area (Å²) >= 11 is 0. The van der Waals surface area contributed by atoms with Crippen LogP contribution in [-0.4, -0.2) is 4.98 Å². The zero-order valence-corrected chi connectivity index (χ0v) is 9.50. The minimum atomic E-state index is 0.353. The maximum atomic E-state index is 8.62. The lowest BCUT2D eigenvalue weighted by molar-refractivity contribution is 0.480. The first kappa shape index (κ1) is 11.6. The molecule has 0 fully saturated rings. The zero-order chi connectivity index (χ0) is 12.8. The smallest absolute Gasteiger partial charge is 0.145 e. The summed E-state index contributed by atoms with van der Waals surface area (Å²) in [7, 11) is 0. The summed E-state index contributed by atoms with van der Waals surface area (Å²) in [5, 5.41) is 17.2. The first-order chi connectivity index (χ1) is 8.81. The van der Waals surface area contributed by atoms with E-state index in [1.54, 1.807) is 24.3 Å². The highest BCUT2D eigenvalue weighted by atomic mass is 16.5. The van der Waals surface area contributed by atoms with E-state index < -0.39 is 0 Å². The van der Waals surface area contributed by atoms with Crippen molar-refractivity contribution in [2.45, 2.75) is 6.42 Å². The summed E-state index contributed by atoms with van der Waals surface area (Å²) < 4.78 is 5.56. The first-order valence-corrected chi connectivity index (χ1v) is 5.32. The van der Waals surface area contributed by atoms with E-state index in [-0.39, 0.29) is 0 Å². The Morgan fingerprint density at radius 3 is 2.28 bits per heavy atom. The lowest BCUT2D eigenvalue weighted by atomic mass is 10.2. The van der Waals surface area contributed by atoms with Gasteiger partial charge in [-0.15, -0.1) is 0 Å². The summed E-state index contributed by atoms with van der Waals surface area (Å²) in [5.41, 5.74) is 1.30. The standard InChI is InChI=1S/C14H9N3O/c15-8-7-11-1-4-13(5-2-11)18-14-6-3-12(9-16)17-10-14/h1-6,10H,7H2. The van der Waals surface area contributed by atoms with Crippen LogP contribution in [0.3, 0.4) is 0 Å². The normalized spacial score (nSPS) is 9.22. The number of hydrogen-bond acceptors (Lipinski definition) is 4. The second kappa shape index (κ2) is 5.47. The van der Waals surface area contributed by atoms with Gasteiger partial charge in [-0.2, -0.15) is 10.5 Å². The Labute approximate surface area is 105 Å². The predicted octanol–water partition coefficient (Wildman–Crippen LogP) is 2.81. The Hall–Kier alpha value is -2.85. The zero-order valence-electron chi connectivity index (χ0n) is 9.50. The summed E-state index contributed by atoms with van der Waals surface area (Å²) in [6.07, 6.45) is 1.89. The summed E-state index contributed by atoms with van der Waals surface area (Å²) in [4.78, 5) is 3.91. The van der Waals surface area contributed by atoms with Crippen molar-refractivity contribution in [3.63, 3.8) is 0 Å². The van der Waals surface area contributed by atoms with Gasteiger partial charge in [0.25, 0.3) is 0 Å². The number of benzene rings is 1. The van der Waals surface area contributed by atoms with Gasteiger partial charge >= 0.3 is 0 Å². The molecule has 0 radical (unpaired) electrons. The molecule has 0 spiro atoms. The fraction of sp³-hybridized carbons (Fsp3) is 0.0714. The van der Waals surface area contributed by atoms with E-state index in [4.69, 9.17) is 15.3 Å². The van der Waals surface area contributed by atoms with Crippen LogP contribution in [0, 0.1) is 22.7 Å². The minimum Gasteiger partial charge on any atom is -0.456 e. The van der Waals surface area contributed by atoms with E-state index >= 15 is 0 Å². The molecule has 18 heavy (non-hydrogen) atoms. The molecule has 0 aliphatic heterocycles. The van der Waals surface area contributed by atoms with Crippen LogP contribution in [0.25, 0.3) is 0 Å². The van der Waals surface area contributed by atoms with Gasteiger partial charge in [-0.1, -0.05) is 12.1 Å². The van der Waals surface area contributed by atoms with Crippen LogP contribution in [-0.2, 0) is 6.42 Å². The van der Waals surface area contributed by atoms with Crippen molar-refractivity contribution in [1.82, 2.24) is 4.98 Å². The Balaban J connectivity index is 2.09. The van der Waals surface area contributed by atoms with Crippen molar-refractivity contribution in [3.8, 4) is 23.6 Å². The largest absolute Gasteiger partial charge is 0.456 e. The molecule has 1 aromatic carbocycles. The molecule has 0 saturated carbocycles. The van der Waals surface area contributed by atoms with E-state index in [0.29, 0.717) is 23.6 Å². The average Bonchev–Trinajstić information content (AvgIpc) is 2.42. The van der Waals surface area contributed by atoms with Gasteiger partial charge in [0.15, 0.2) is 0 Å². The average molecular weight is 235 g/mol. The van der Waals surface area contributed by atoms with Crippen LogP contribution in [0.4, 0.5) is 0 Å². The molecule has 0 amide bonds. The maximum absolute atomic E-state index is 8.62. The van der Waals surface area contributed by atoms with Crippen molar-refractivity contribution in [2.75, 3.05) is 0 Å². The van der Waals surface area contributed by atoms with E-state index in [0.717, 1.165) is 5.56 Å². The highest BCUT2D eigenvalue weighted by Crippen LogP contribution is 2.21. The molecule has 2 rings (SSSR count). The quantitative estimate of drug-likeness (QED) is 0.820. The third-order valence-corrected chi connectivity index (χ3v) is 2.29. The van der Waals surface area contributed by atoms with Crippen LogP contribution in [0.15, 0.2) is 42.6 Å². The molecule has 1 heterocycles. The molecule has 0 N–H and O–H groups in total. The Morgan fingerprint density at radius 1 is 1.00 bits per heavy atom. The van der Waals surface area contributed by atoms with Gasteiger partial charge in [0.1, 0.15) is 23.3 Å². The lowest BCUT2D eigenvalue weighted by Gasteiger charge is -2.05. The fourth-order valence-corrected chi connectivity index (χ4v) is 1.41. The van der Waals surface area contributed by atoms with Crippen LogP contribution in [0.5, 0.6) is 11.5 Å². The van der Waals surface area contributed by atoms with E-state index in [9.17, 15) is 0 Å². The highest BCUT2D eigenvalue weighted by molar-refractivity contribution is 5.34. The Kier molecular flexibility index (Phi) is 3.53. The lowest BCUT2D eigenvalue weighted by Crippen LogP contribution is -1.88. The molecule has 0 bridgehead atoms. The highest BCUT2D eigenvalue weighted by Gasteiger charge is 1.99. The number of nitrogens with zero attached hydrogens (tertiary/aromatic N) is 3. The van der Waals surface area contributed by atoms with Gasteiger partial charge in [-0.3, -0.25) is 0 Å². The molecule has 4 heteroatoms. The van der Waals surface area contributed by atoms with Gasteiger partial charge in [-0.05, 0) is 29.8 Å². The molecular formula is C14H9N3O. The molecule has 4 nitrogen and oxygen atoms in total. The summed E-state index contributed by atoms with van der Waals surface area (Å²) in [5.74, 6) is 1.24. The van der Waals surface area contributed by atoms with Crippen LogP contribution in [0.2, 0.25) is 0 Å². The molecular weight excluding hydrogens is 226 g/mol. The molecule has 0 aliphatic carbocycles.